The minimum absolute atomic E-state index is 0.214. The molecule has 6 rings (SSSR count). The molecule has 1 fully saturated rings. The SMILES string of the molecule is COC(=O)Cc1cccc(Cc2cccc(CC[C@H]3OC(=O)[C@@H]3COC(c3ccccc3)(c3ccccc3)c3ccccc3)c2)c1. The summed E-state index contributed by atoms with van der Waals surface area (Å²) in [6.45, 7) is 0.240. The third kappa shape index (κ3) is 6.95. The molecule has 1 aliphatic rings. The van der Waals surface area contributed by atoms with Crippen molar-refractivity contribution < 1.29 is 23.8 Å². The topological polar surface area (TPSA) is 61.8 Å². The number of aryl methyl sites for hydroxylation is 1. The number of carbonyl (C=O) groups is 2. The van der Waals surface area contributed by atoms with Gasteiger partial charge in [0, 0.05) is 0 Å². The lowest BCUT2D eigenvalue weighted by molar-refractivity contribution is -0.194. The standard InChI is InChI=1S/C41H38O5/c1-44-39(42)28-33-16-12-15-32(27-33)26-31-14-11-13-30(25-31)23-24-38-37(40(43)46-38)29-45-41(34-17-5-2-6-18-34,35-19-7-3-8-20-35)36-21-9-4-10-22-36/h2-22,25,27,37-38H,23-24,26,28-29H2,1H3/t37-,38-/m1/s1. The number of cyclic esters (lactones) is 1. The third-order valence-electron chi connectivity index (χ3n) is 8.72. The van der Waals surface area contributed by atoms with Crippen molar-refractivity contribution in [1.82, 2.24) is 0 Å². The molecular formula is C41H38O5. The molecule has 46 heavy (non-hydrogen) atoms. The second-order valence-electron chi connectivity index (χ2n) is 11.8. The lowest BCUT2D eigenvalue weighted by Gasteiger charge is -2.40. The van der Waals surface area contributed by atoms with Crippen LogP contribution in [0.1, 0.15) is 45.4 Å². The van der Waals surface area contributed by atoms with Crippen molar-refractivity contribution in [2.24, 2.45) is 5.92 Å². The normalized spacial score (nSPS) is 15.9. The van der Waals surface area contributed by atoms with Crippen molar-refractivity contribution in [1.29, 1.82) is 0 Å². The monoisotopic (exact) mass is 610 g/mol. The van der Waals surface area contributed by atoms with E-state index in [2.05, 4.69) is 72.8 Å². The average molecular weight is 611 g/mol. The van der Waals surface area contributed by atoms with Gasteiger partial charge in [-0.25, -0.2) is 0 Å². The summed E-state index contributed by atoms with van der Waals surface area (Å²) in [6.07, 6.45) is 2.31. The Labute approximate surface area is 270 Å². The second-order valence-corrected chi connectivity index (χ2v) is 11.8. The summed E-state index contributed by atoms with van der Waals surface area (Å²) >= 11 is 0. The van der Waals surface area contributed by atoms with Crippen LogP contribution in [0, 0.1) is 5.92 Å². The molecule has 1 saturated heterocycles. The molecule has 0 radical (unpaired) electrons. The maximum Gasteiger partial charge on any atom is 0.315 e. The Bertz CT molecular complexity index is 1650. The van der Waals surface area contributed by atoms with Crippen LogP contribution in [0.3, 0.4) is 0 Å². The molecule has 5 nitrogen and oxygen atoms in total. The lowest BCUT2D eigenvalue weighted by Crippen LogP contribution is -2.49. The van der Waals surface area contributed by atoms with Gasteiger partial charge in [-0.2, -0.15) is 0 Å². The molecule has 5 heteroatoms. The number of ether oxygens (including phenoxy) is 3. The number of esters is 2. The van der Waals surface area contributed by atoms with Crippen LogP contribution in [0.15, 0.2) is 140 Å². The van der Waals surface area contributed by atoms with Crippen LogP contribution < -0.4 is 0 Å². The summed E-state index contributed by atoms with van der Waals surface area (Å²) < 4.78 is 17.4. The van der Waals surface area contributed by atoms with Crippen molar-refractivity contribution >= 4 is 11.9 Å². The molecule has 0 aliphatic carbocycles. The highest BCUT2D eigenvalue weighted by atomic mass is 16.6. The maximum atomic E-state index is 12.8. The number of methoxy groups -OCH3 is 1. The quantitative estimate of drug-likeness (QED) is 0.102. The first-order valence-electron chi connectivity index (χ1n) is 15.8. The summed E-state index contributed by atoms with van der Waals surface area (Å²) in [7, 11) is 1.41. The van der Waals surface area contributed by atoms with E-state index in [0.717, 1.165) is 40.7 Å². The number of carbonyl (C=O) groups excluding carboxylic acids is 2. The Hall–Kier alpha value is -5.00. The van der Waals surface area contributed by atoms with Gasteiger partial charge in [-0.3, -0.25) is 9.59 Å². The molecule has 5 aromatic carbocycles. The molecule has 0 N–H and O–H groups in total. The van der Waals surface area contributed by atoms with Gasteiger partial charge >= 0.3 is 11.9 Å². The molecule has 1 aliphatic heterocycles. The fraction of sp³-hybridized carbons (Fsp3) is 0.220. The maximum absolute atomic E-state index is 12.8. The van der Waals surface area contributed by atoms with Gasteiger partial charge in [-0.1, -0.05) is 140 Å². The minimum Gasteiger partial charge on any atom is -0.469 e. The average Bonchev–Trinajstić information content (AvgIpc) is 3.10. The fourth-order valence-electron chi connectivity index (χ4n) is 6.35. The second kappa shape index (κ2) is 14.4. The van der Waals surface area contributed by atoms with Crippen molar-refractivity contribution in [2.75, 3.05) is 13.7 Å². The van der Waals surface area contributed by atoms with Crippen LogP contribution in [-0.4, -0.2) is 31.8 Å². The van der Waals surface area contributed by atoms with Gasteiger partial charge < -0.3 is 14.2 Å². The van der Waals surface area contributed by atoms with E-state index in [1.165, 1.54) is 18.2 Å². The van der Waals surface area contributed by atoms with E-state index < -0.39 is 5.60 Å². The van der Waals surface area contributed by atoms with Crippen LogP contribution in [0.5, 0.6) is 0 Å². The van der Waals surface area contributed by atoms with E-state index in [1.54, 1.807) is 0 Å². The van der Waals surface area contributed by atoms with Crippen LogP contribution in [0.25, 0.3) is 0 Å². The van der Waals surface area contributed by atoms with Gasteiger partial charge in [0.2, 0.25) is 0 Å². The van der Waals surface area contributed by atoms with Gasteiger partial charge in [-0.05, 0) is 58.2 Å². The highest BCUT2D eigenvalue weighted by Gasteiger charge is 2.45. The highest BCUT2D eigenvalue weighted by Crippen LogP contribution is 2.42. The Morgan fingerprint density at radius 2 is 1.17 bits per heavy atom. The molecule has 232 valence electrons. The number of benzene rings is 5. The van der Waals surface area contributed by atoms with Gasteiger partial charge in [-0.15, -0.1) is 0 Å². The summed E-state index contributed by atoms with van der Waals surface area (Å²) in [5, 5.41) is 0. The van der Waals surface area contributed by atoms with Crippen molar-refractivity contribution in [3.05, 3.63) is 178 Å². The molecule has 2 atom stereocenters. The van der Waals surface area contributed by atoms with Crippen molar-refractivity contribution in [2.45, 2.75) is 37.4 Å². The zero-order chi connectivity index (χ0) is 31.8. The van der Waals surface area contributed by atoms with Crippen molar-refractivity contribution in [3.8, 4) is 0 Å². The van der Waals surface area contributed by atoms with Crippen LogP contribution in [0.4, 0.5) is 0 Å². The van der Waals surface area contributed by atoms with Crippen molar-refractivity contribution in [3.63, 3.8) is 0 Å². The minimum atomic E-state index is -0.882. The molecular weight excluding hydrogens is 572 g/mol. The van der Waals surface area contributed by atoms with Gasteiger partial charge in [0.25, 0.3) is 0 Å². The van der Waals surface area contributed by atoms with E-state index in [-0.39, 0.29) is 37.0 Å². The van der Waals surface area contributed by atoms with Gasteiger partial charge in [0.15, 0.2) is 0 Å². The highest BCUT2D eigenvalue weighted by molar-refractivity contribution is 5.78. The first kappa shape index (κ1) is 31.0. The van der Waals surface area contributed by atoms with E-state index in [1.807, 2.05) is 66.7 Å². The number of rotatable bonds is 13. The Balaban J connectivity index is 1.16. The summed E-state index contributed by atoms with van der Waals surface area (Å²) in [5.74, 6) is -0.810. The van der Waals surface area contributed by atoms with E-state index in [9.17, 15) is 9.59 Å². The van der Waals surface area contributed by atoms with E-state index in [4.69, 9.17) is 14.2 Å². The van der Waals surface area contributed by atoms with Crippen LogP contribution >= 0.6 is 0 Å². The molecule has 1 heterocycles. The lowest BCUT2D eigenvalue weighted by atomic mass is 9.79. The Kier molecular flexibility index (Phi) is 9.70. The third-order valence-corrected chi connectivity index (χ3v) is 8.72. The van der Waals surface area contributed by atoms with Gasteiger partial charge in [0.1, 0.15) is 17.6 Å². The zero-order valence-corrected chi connectivity index (χ0v) is 26.0. The number of hydrogen-bond donors (Lipinski definition) is 0. The molecule has 0 spiro atoms. The van der Waals surface area contributed by atoms with Gasteiger partial charge in [0.05, 0.1) is 20.1 Å². The summed E-state index contributed by atoms with van der Waals surface area (Å²) in [6, 6.07) is 47.2. The van der Waals surface area contributed by atoms with Crippen LogP contribution in [0.2, 0.25) is 0 Å². The summed E-state index contributed by atoms with van der Waals surface area (Å²) in [4.78, 5) is 24.5. The zero-order valence-electron chi connectivity index (χ0n) is 26.0. The molecule has 0 saturated carbocycles. The molecule has 5 aromatic rings. The largest absolute Gasteiger partial charge is 0.469 e. The molecule has 0 amide bonds. The van der Waals surface area contributed by atoms with E-state index >= 15 is 0 Å². The summed E-state index contributed by atoms with van der Waals surface area (Å²) in [5.41, 5.74) is 6.60. The number of hydrogen-bond acceptors (Lipinski definition) is 5. The predicted molar refractivity (Wildman–Crippen MR) is 178 cm³/mol. The molecule has 0 aromatic heterocycles. The first-order valence-corrected chi connectivity index (χ1v) is 15.8. The fourth-order valence-corrected chi connectivity index (χ4v) is 6.35. The molecule has 0 unspecified atom stereocenters. The van der Waals surface area contributed by atoms with Crippen LogP contribution in [-0.2, 0) is 48.7 Å². The smallest absolute Gasteiger partial charge is 0.315 e. The predicted octanol–water partition coefficient (Wildman–Crippen LogP) is 7.48. The van der Waals surface area contributed by atoms with E-state index in [0.29, 0.717) is 6.42 Å². The Morgan fingerprint density at radius 1 is 0.674 bits per heavy atom. The molecule has 0 bridgehead atoms. The first-order chi connectivity index (χ1) is 22.5. The Morgan fingerprint density at radius 3 is 1.70 bits per heavy atom.